The zero-order valence-corrected chi connectivity index (χ0v) is 10.3. The fourth-order valence-electron chi connectivity index (χ4n) is 1.46. The van der Waals surface area contributed by atoms with Crippen LogP contribution in [0.1, 0.15) is 17.3 Å². The molecule has 0 aliphatic carbocycles. The van der Waals surface area contributed by atoms with Crippen molar-refractivity contribution in [3.05, 3.63) is 38.9 Å². The molecule has 6 nitrogen and oxygen atoms in total. The molecule has 0 heterocycles. The van der Waals surface area contributed by atoms with Gasteiger partial charge in [-0.25, -0.2) is 0 Å². The highest BCUT2D eigenvalue weighted by molar-refractivity contribution is 6.33. The summed E-state index contributed by atoms with van der Waals surface area (Å²) in [7, 11) is 0. The first-order valence-corrected chi connectivity index (χ1v) is 5.49. The van der Waals surface area contributed by atoms with Gasteiger partial charge in [-0.1, -0.05) is 17.7 Å². The topological polar surface area (TPSA) is 87.2 Å². The molecule has 0 fully saturated rings. The first kappa shape index (κ1) is 13.9. The normalized spacial score (nSPS) is 9.61. The predicted molar refractivity (Wildman–Crippen MR) is 65.3 cm³/mol. The van der Waals surface area contributed by atoms with E-state index in [0.717, 1.165) is 0 Å². The first-order valence-electron chi connectivity index (χ1n) is 5.12. The van der Waals surface area contributed by atoms with E-state index in [1.807, 2.05) is 6.07 Å². The minimum absolute atomic E-state index is 0.0983. The van der Waals surface area contributed by atoms with E-state index in [2.05, 4.69) is 0 Å². The monoisotopic (exact) mass is 267 g/mol. The fraction of sp³-hybridized carbons (Fsp3) is 0.273. The number of hydrogen-bond donors (Lipinski definition) is 0. The van der Waals surface area contributed by atoms with Crippen molar-refractivity contribution in [2.45, 2.75) is 6.92 Å². The standard InChI is InChI=1S/C11H10ClN3O3/c1-2-14(7-6-13)11(16)8-4-3-5-9(12)10(8)15(17)18/h3-5H,2,7H2,1H3. The molecule has 0 aromatic heterocycles. The number of nitro groups is 1. The van der Waals surface area contributed by atoms with Crippen LogP contribution in [0.3, 0.4) is 0 Å². The first-order chi connectivity index (χ1) is 8.52. The maximum Gasteiger partial charge on any atom is 0.300 e. The van der Waals surface area contributed by atoms with E-state index >= 15 is 0 Å². The van der Waals surface area contributed by atoms with Crippen molar-refractivity contribution in [2.75, 3.05) is 13.1 Å². The Labute approximate surface area is 109 Å². The summed E-state index contributed by atoms with van der Waals surface area (Å²) < 4.78 is 0. The average molecular weight is 268 g/mol. The summed E-state index contributed by atoms with van der Waals surface area (Å²) in [5, 5.41) is 19.4. The third kappa shape index (κ3) is 2.76. The Hall–Kier alpha value is -2.13. The second kappa shape index (κ2) is 5.98. The Morgan fingerprint density at radius 2 is 2.28 bits per heavy atom. The van der Waals surface area contributed by atoms with Crippen LogP contribution in [0.15, 0.2) is 18.2 Å². The van der Waals surface area contributed by atoms with Gasteiger partial charge in [-0.3, -0.25) is 14.9 Å². The zero-order valence-electron chi connectivity index (χ0n) is 9.59. The van der Waals surface area contributed by atoms with Crippen molar-refractivity contribution in [1.29, 1.82) is 5.26 Å². The molecule has 0 N–H and O–H groups in total. The van der Waals surface area contributed by atoms with Crippen LogP contribution in [0.2, 0.25) is 5.02 Å². The lowest BCUT2D eigenvalue weighted by Crippen LogP contribution is -2.31. The summed E-state index contributed by atoms with van der Waals surface area (Å²) in [6.45, 7) is 1.85. The van der Waals surface area contributed by atoms with Crippen LogP contribution in [-0.4, -0.2) is 28.8 Å². The summed E-state index contributed by atoms with van der Waals surface area (Å²) in [6, 6.07) is 5.97. The average Bonchev–Trinajstić information content (AvgIpc) is 2.34. The fourth-order valence-corrected chi connectivity index (χ4v) is 1.70. The van der Waals surface area contributed by atoms with Gasteiger partial charge in [0.15, 0.2) is 0 Å². The van der Waals surface area contributed by atoms with Gasteiger partial charge in [-0.05, 0) is 19.1 Å². The van der Waals surface area contributed by atoms with Crippen LogP contribution in [0, 0.1) is 21.4 Å². The highest BCUT2D eigenvalue weighted by Gasteiger charge is 2.26. The molecule has 0 bridgehead atoms. The van der Waals surface area contributed by atoms with Gasteiger partial charge in [-0.15, -0.1) is 0 Å². The number of nitrogens with zero attached hydrogens (tertiary/aromatic N) is 3. The van der Waals surface area contributed by atoms with E-state index in [1.165, 1.54) is 23.1 Å². The van der Waals surface area contributed by atoms with Gasteiger partial charge in [0.25, 0.3) is 5.91 Å². The quantitative estimate of drug-likeness (QED) is 0.475. The molecule has 0 spiro atoms. The number of halogens is 1. The van der Waals surface area contributed by atoms with Gasteiger partial charge in [0.2, 0.25) is 0 Å². The second-order valence-corrected chi connectivity index (χ2v) is 3.78. The van der Waals surface area contributed by atoms with E-state index in [0.29, 0.717) is 0 Å². The molecule has 0 atom stereocenters. The molecule has 1 aromatic carbocycles. The summed E-state index contributed by atoms with van der Waals surface area (Å²) in [5.74, 6) is -0.576. The van der Waals surface area contributed by atoms with E-state index in [9.17, 15) is 14.9 Å². The molecule has 0 aliphatic heterocycles. The lowest BCUT2D eigenvalue weighted by atomic mass is 10.1. The molecule has 18 heavy (non-hydrogen) atoms. The van der Waals surface area contributed by atoms with Crippen molar-refractivity contribution in [2.24, 2.45) is 0 Å². The van der Waals surface area contributed by atoms with Crippen LogP contribution < -0.4 is 0 Å². The molecule has 0 aliphatic rings. The van der Waals surface area contributed by atoms with E-state index in [-0.39, 0.29) is 23.7 Å². The zero-order chi connectivity index (χ0) is 13.7. The van der Waals surface area contributed by atoms with Crippen molar-refractivity contribution >= 4 is 23.2 Å². The number of carbonyl (C=O) groups is 1. The molecule has 0 unspecified atom stereocenters. The van der Waals surface area contributed by atoms with Crippen molar-refractivity contribution in [3.8, 4) is 6.07 Å². The van der Waals surface area contributed by atoms with Crippen LogP contribution in [-0.2, 0) is 0 Å². The molecular formula is C11H10ClN3O3. The van der Waals surface area contributed by atoms with Crippen molar-refractivity contribution < 1.29 is 9.72 Å². The van der Waals surface area contributed by atoms with Crippen LogP contribution in [0.25, 0.3) is 0 Å². The van der Waals surface area contributed by atoms with Gasteiger partial charge in [0.1, 0.15) is 17.1 Å². The molecule has 94 valence electrons. The summed E-state index contributed by atoms with van der Waals surface area (Å²) in [5.41, 5.74) is -0.537. The highest BCUT2D eigenvalue weighted by atomic mass is 35.5. The smallest absolute Gasteiger partial charge is 0.300 e. The summed E-state index contributed by atoms with van der Waals surface area (Å²) >= 11 is 5.72. The maximum absolute atomic E-state index is 12.1. The minimum Gasteiger partial charge on any atom is -0.325 e. The van der Waals surface area contributed by atoms with Crippen molar-refractivity contribution in [3.63, 3.8) is 0 Å². The Morgan fingerprint density at radius 3 is 2.78 bits per heavy atom. The molecule has 0 saturated carbocycles. The lowest BCUT2D eigenvalue weighted by Gasteiger charge is -2.17. The van der Waals surface area contributed by atoms with Crippen molar-refractivity contribution in [1.82, 2.24) is 4.90 Å². The highest BCUT2D eigenvalue weighted by Crippen LogP contribution is 2.28. The van der Waals surface area contributed by atoms with Gasteiger partial charge >= 0.3 is 5.69 Å². The van der Waals surface area contributed by atoms with Crippen LogP contribution >= 0.6 is 11.6 Å². The number of benzene rings is 1. The molecule has 7 heteroatoms. The Morgan fingerprint density at radius 1 is 1.61 bits per heavy atom. The minimum atomic E-state index is -0.699. The molecule has 1 rings (SSSR count). The number of carbonyl (C=O) groups excluding carboxylic acids is 1. The van der Waals surface area contributed by atoms with E-state index in [1.54, 1.807) is 6.92 Å². The number of nitriles is 1. The Kier molecular flexibility index (Phi) is 4.63. The number of para-hydroxylation sites is 1. The summed E-state index contributed by atoms with van der Waals surface area (Å²) in [4.78, 5) is 23.5. The third-order valence-electron chi connectivity index (χ3n) is 2.33. The van der Waals surface area contributed by atoms with E-state index in [4.69, 9.17) is 16.9 Å². The molecular weight excluding hydrogens is 258 g/mol. The largest absolute Gasteiger partial charge is 0.325 e. The van der Waals surface area contributed by atoms with Gasteiger partial charge in [0.05, 0.1) is 11.0 Å². The number of nitro benzene ring substituents is 1. The maximum atomic E-state index is 12.1. The van der Waals surface area contributed by atoms with Crippen LogP contribution in [0.4, 0.5) is 5.69 Å². The van der Waals surface area contributed by atoms with Gasteiger partial charge in [0, 0.05) is 6.54 Å². The lowest BCUT2D eigenvalue weighted by molar-refractivity contribution is -0.385. The molecule has 0 saturated heterocycles. The second-order valence-electron chi connectivity index (χ2n) is 3.37. The molecule has 1 amide bonds. The SMILES string of the molecule is CCN(CC#N)C(=O)c1cccc(Cl)c1[N+](=O)[O-]. The Balaban J connectivity index is 3.25. The number of hydrogen-bond acceptors (Lipinski definition) is 4. The van der Waals surface area contributed by atoms with Crippen LogP contribution in [0.5, 0.6) is 0 Å². The predicted octanol–water partition coefficient (Wildman–Crippen LogP) is 2.23. The number of rotatable bonds is 4. The third-order valence-corrected chi connectivity index (χ3v) is 2.64. The van der Waals surface area contributed by atoms with Gasteiger partial charge < -0.3 is 4.90 Å². The molecule has 1 aromatic rings. The summed E-state index contributed by atoms with van der Waals surface area (Å²) in [6.07, 6.45) is 0. The number of amides is 1. The Bertz CT molecular complexity index is 525. The van der Waals surface area contributed by atoms with E-state index < -0.39 is 16.5 Å². The van der Waals surface area contributed by atoms with Gasteiger partial charge in [-0.2, -0.15) is 5.26 Å². The molecule has 0 radical (unpaired) electrons.